The van der Waals surface area contributed by atoms with E-state index in [2.05, 4.69) is 15.7 Å². The number of urea groups is 1. The van der Waals surface area contributed by atoms with Gasteiger partial charge in [0.05, 0.1) is 12.5 Å². The van der Waals surface area contributed by atoms with Crippen LogP contribution in [-0.2, 0) is 16.1 Å². The fraction of sp³-hybridized carbons (Fsp3) is 0.261. The van der Waals surface area contributed by atoms with Crippen molar-refractivity contribution in [3.8, 4) is 5.75 Å². The molecule has 1 heterocycles. The van der Waals surface area contributed by atoms with Crippen LogP contribution >= 0.6 is 0 Å². The molecule has 0 atom stereocenters. The third-order valence-corrected chi connectivity index (χ3v) is 4.53. The summed E-state index contributed by atoms with van der Waals surface area (Å²) in [6, 6.07) is 12.3. The summed E-state index contributed by atoms with van der Waals surface area (Å²) >= 11 is 0. The number of carbonyl (C=O) groups is 3. The number of anilines is 1. The number of fused-ring (bicyclic) bond motifs is 1. The number of methoxy groups -OCH3 is 1. The first-order chi connectivity index (χ1) is 15.8. The highest BCUT2D eigenvalue weighted by Crippen LogP contribution is 2.16. The zero-order valence-corrected chi connectivity index (χ0v) is 18.5. The van der Waals surface area contributed by atoms with E-state index in [1.165, 1.54) is 11.8 Å². The zero-order valence-electron chi connectivity index (χ0n) is 18.5. The number of hydrogen-bond acceptors (Lipinski definition) is 7. The molecule has 0 unspecified atom stereocenters. The van der Waals surface area contributed by atoms with Gasteiger partial charge < -0.3 is 14.8 Å². The van der Waals surface area contributed by atoms with E-state index in [9.17, 15) is 19.2 Å². The molecule has 3 rings (SSSR count). The molecule has 0 aliphatic carbocycles. The molecule has 33 heavy (non-hydrogen) atoms. The number of nitrogens with one attached hydrogen (secondary N) is 2. The summed E-state index contributed by atoms with van der Waals surface area (Å²) in [7, 11) is 1.52. The first-order valence-electron chi connectivity index (χ1n) is 10.2. The molecule has 0 aliphatic rings. The SMILES string of the molecule is COc1ccc(NC(=O)NC(=O)COC(=O)c2nn(CC(C)C)c(=O)c3ccccc23)cc1. The second-order valence-electron chi connectivity index (χ2n) is 7.58. The number of ether oxygens (including phenoxy) is 2. The van der Waals surface area contributed by atoms with Crippen LogP contribution in [0.25, 0.3) is 10.8 Å². The van der Waals surface area contributed by atoms with Crippen molar-refractivity contribution in [2.24, 2.45) is 5.92 Å². The number of benzene rings is 2. The summed E-state index contributed by atoms with van der Waals surface area (Å²) in [6.45, 7) is 3.45. The Bertz CT molecular complexity index is 1230. The number of aromatic nitrogens is 2. The van der Waals surface area contributed by atoms with Gasteiger partial charge in [-0.15, -0.1) is 0 Å². The van der Waals surface area contributed by atoms with Gasteiger partial charge in [-0.2, -0.15) is 5.10 Å². The molecule has 2 aromatic carbocycles. The first kappa shape index (κ1) is 23.5. The number of carbonyl (C=O) groups excluding carboxylic acids is 3. The standard InChI is InChI=1S/C23H24N4O6/c1-14(2)12-27-21(29)18-7-5-4-6-17(18)20(26-27)22(30)33-13-19(28)25-23(31)24-15-8-10-16(32-3)11-9-15/h4-11,14H,12-13H2,1-3H3,(H2,24,25,28,31). The molecule has 2 N–H and O–H groups in total. The van der Waals surface area contributed by atoms with Crippen LogP contribution in [-0.4, -0.2) is 41.4 Å². The summed E-state index contributed by atoms with van der Waals surface area (Å²) in [6.07, 6.45) is 0. The lowest BCUT2D eigenvalue weighted by atomic mass is 10.1. The Labute approximate surface area is 189 Å². The maximum absolute atomic E-state index is 12.7. The van der Waals surface area contributed by atoms with Crippen LogP contribution in [0.3, 0.4) is 0 Å². The normalized spacial score (nSPS) is 10.7. The zero-order chi connectivity index (χ0) is 24.0. The highest BCUT2D eigenvalue weighted by atomic mass is 16.5. The van der Waals surface area contributed by atoms with Crippen molar-refractivity contribution in [1.82, 2.24) is 15.1 Å². The van der Waals surface area contributed by atoms with Crippen molar-refractivity contribution in [1.29, 1.82) is 0 Å². The van der Waals surface area contributed by atoms with E-state index >= 15 is 0 Å². The molecule has 0 fully saturated rings. The average molecular weight is 452 g/mol. The fourth-order valence-corrected chi connectivity index (χ4v) is 3.05. The van der Waals surface area contributed by atoms with Crippen LogP contribution in [0.2, 0.25) is 0 Å². The number of amides is 3. The molecule has 10 nitrogen and oxygen atoms in total. The van der Waals surface area contributed by atoms with Crippen molar-refractivity contribution in [3.05, 3.63) is 64.6 Å². The predicted octanol–water partition coefficient (Wildman–Crippen LogP) is 2.57. The molecular formula is C23H24N4O6. The quantitative estimate of drug-likeness (QED) is 0.527. The minimum absolute atomic E-state index is 0.0821. The molecule has 1 aromatic heterocycles. The Morgan fingerprint density at radius 3 is 2.33 bits per heavy atom. The Balaban J connectivity index is 1.66. The monoisotopic (exact) mass is 452 g/mol. The van der Waals surface area contributed by atoms with Gasteiger partial charge in [-0.05, 0) is 36.2 Å². The summed E-state index contributed by atoms with van der Waals surface area (Å²) in [5.41, 5.74) is 0.0475. The third kappa shape index (κ3) is 5.94. The summed E-state index contributed by atoms with van der Waals surface area (Å²) in [4.78, 5) is 49.4. The lowest BCUT2D eigenvalue weighted by Gasteiger charge is -2.12. The van der Waals surface area contributed by atoms with Gasteiger partial charge in [0.15, 0.2) is 12.3 Å². The molecule has 0 saturated heterocycles. The van der Waals surface area contributed by atoms with E-state index in [1.54, 1.807) is 48.5 Å². The summed E-state index contributed by atoms with van der Waals surface area (Å²) in [5.74, 6) is -0.969. The Morgan fingerprint density at radius 1 is 1.03 bits per heavy atom. The van der Waals surface area contributed by atoms with Crippen LogP contribution in [0.1, 0.15) is 24.3 Å². The topological polar surface area (TPSA) is 129 Å². The van der Waals surface area contributed by atoms with Crippen LogP contribution in [0.15, 0.2) is 53.3 Å². The Morgan fingerprint density at radius 2 is 1.70 bits per heavy atom. The van der Waals surface area contributed by atoms with E-state index < -0.39 is 24.5 Å². The van der Waals surface area contributed by atoms with Crippen molar-refractivity contribution >= 4 is 34.4 Å². The lowest BCUT2D eigenvalue weighted by molar-refractivity contribution is -0.123. The number of rotatable bonds is 7. The van der Waals surface area contributed by atoms with Crippen molar-refractivity contribution in [3.63, 3.8) is 0 Å². The Hall–Kier alpha value is -4.21. The maximum Gasteiger partial charge on any atom is 0.359 e. The van der Waals surface area contributed by atoms with E-state index in [1.807, 2.05) is 13.8 Å². The van der Waals surface area contributed by atoms with Gasteiger partial charge in [-0.1, -0.05) is 32.0 Å². The molecule has 0 radical (unpaired) electrons. The summed E-state index contributed by atoms with van der Waals surface area (Å²) in [5, 5.41) is 9.36. The molecule has 0 aliphatic heterocycles. The molecule has 0 bridgehead atoms. The molecular weight excluding hydrogens is 428 g/mol. The van der Waals surface area contributed by atoms with Gasteiger partial charge in [-0.3, -0.25) is 14.9 Å². The van der Waals surface area contributed by atoms with Crippen molar-refractivity contribution in [2.75, 3.05) is 19.0 Å². The fourth-order valence-electron chi connectivity index (χ4n) is 3.05. The van der Waals surface area contributed by atoms with E-state index in [0.717, 1.165) is 0 Å². The van der Waals surface area contributed by atoms with Gasteiger partial charge in [0.2, 0.25) is 0 Å². The van der Waals surface area contributed by atoms with Gasteiger partial charge in [0.1, 0.15) is 5.75 Å². The van der Waals surface area contributed by atoms with Crippen molar-refractivity contribution in [2.45, 2.75) is 20.4 Å². The second kappa shape index (κ2) is 10.4. The van der Waals surface area contributed by atoms with E-state index in [-0.39, 0.29) is 17.2 Å². The predicted molar refractivity (Wildman–Crippen MR) is 121 cm³/mol. The molecule has 10 heteroatoms. The molecule has 3 aromatic rings. The number of nitrogens with zero attached hydrogens (tertiary/aromatic N) is 2. The first-order valence-corrected chi connectivity index (χ1v) is 10.2. The second-order valence-corrected chi connectivity index (χ2v) is 7.58. The van der Waals surface area contributed by atoms with Crippen LogP contribution in [0.5, 0.6) is 5.75 Å². The van der Waals surface area contributed by atoms with Gasteiger partial charge >= 0.3 is 12.0 Å². The summed E-state index contributed by atoms with van der Waals surface area (Å²) < 4.78 is 11.3. The average Bonchev–Trinajstić information content (AvgIpc) is 2.79. The Kier molecular flexibility index (Phi) is 7.39. The van der Waals surface area contributed by atoms with Crippen LogP contribution in [0.4, 0.5) is 10.5 Å². The third-order valence-electron chi connectivity index (χ3n) is 4.53. The van der Waals surface area contributed by atoms with Gasteiger partial charge in [-0.25, -0.2) is 14.3 Å². The van der Waals surface area contributed by atoms with Gasteiger partial charge in [0.25, 0.3) is 11.5 Å². The largest absolute Gasteiger partial charge is 0.497 e. The number of hydrogen-bond donors (Lipinski definition) is 2. The van der Waals surface area contributed by atoms with Crippen LogP contribution in [0, 0.1) is 5.92 Å². The van der Waals surface area contributed by atoms with Crippen molar-refractivity contribution < 1.29 is 23.9 Å². The smallest absolute Gasteiger partial charge is 0.359 e. The van der Waals surface area contributed by atoms with Gasteiger partial charge in [0, 0.05) is 17.6 Å². The molecule has 3 amide bonds. The highest BCUT2D eigenvalue weighted by Gasteiger charge is 2.20. The maximum atomic E-state index is 12.7. The van der Waals surface area contributed by atoms with Crippen LogP contribution < -0.4 is 20.9 Å². The minimum Gasteiger partial charge on any atom is -0.497 e. The molecule has 172 valence electrons. The highest BCUT2D eigenvalue weighted by molar-refractivity contribution is 6.04. The molecule has 0 saturated carbocycles. The lowest BCUT2D eigenvalue weighted by Crippen LogP contribution is -2.37. The number of esters is 1. The van der Waals surface area contributed by atoms with E-state index in [0.29, 0.717) is 28.8 Å². The minimum atomic E-state index is -0.880. The number of imide groups is 1. The molecule has 0 spiro atoms. The van der Waals surface area contributed by atoms with E-state index in [4.69, 9.17) is 9.47 Å².